The van der Waals surface area contributed by atoms with Gasteiger partial charge in [-0.3, -0.25) is 14.5 Å². The SMILES string of the molecule is Cc1ccc2c(c1NC(=O)Cc1ccc(C(F)(F)F)c(F)c1)CCN(C(=O)[C@H]1CCCN1C(=O)OC(C)(C)C)C2. The maximum Gasteiger partial charge on any atom is 0.419 e. The summed E-state index contributed by atoms with van der Waals surface area (Å²) in [4.78, 5) is 42.1. The van der Waals surface area contributed by atoms with Crippen molar-refractivity contribution < 1.29 is 36.7 Å². The lowest BCUT2D eigenvalue weighted by Crippen LogP contribution is -2.50. The fraction of sp³-hybridized carbons (Fsp3) is 0.483. The summed E-state index contributed by atoms with van der Waals surface area (Å²) in [6.45, 7) is 8.30. The zero-order chi connectivity index (χ0) is 29.4. The molecular formula is C29H33F4N3O4. The summed E-state index contributed by atoms with van der Waals surface area (Å²) in [5.74, 6) is -2.07. The van der Waals surface area contributed by atoms with Gasteiger partial charge in [0.05, 0.1) is 12.0 Å². The number of anilines is 1. The molecule has 1 saturated heterocycles. The summed E-state index contributed by atoms with van der Waals surface area (Å²) in [6.07, 6.45) is -3.89. The second-order valence-electron chi connectivity index (χ2n) is 11.3. The Balaban J connectivity index is 1.45. The minimum atomic E-state index is -4.81. The first kappa shape index (κ1) is 29.4. The molecule has 2 heterocycles. The van der Waals surface area contributed by atoms with E-state index in [1.54, 1.807) is 25.7 Å². The molecule has 216 valence electrons. The average molecular weight is 564 g/mol. The number of hydrogen-bond donors (Lipinski definition) is 1. The number of hydrogen-bond acceptors (Lipinski definition) is 4. The number of fused-ring (bicyclic) bond motifs is 1. The number of ether oxygens (including phenoxy) is 1. The van der Waals surface area contributed by atoms with Crippen molar-refractivity contribution in [2.75, 3.05) is 18.4 Å². The first-order valence-corrected chi connectivity index (χ1v) is 13.2. The van der Waals surface area contributed by atoms with Crippen molar-refractivity contribution in [3.8, 4) is 0 Å². The molecule has 0 unspecified atom stereocenters. The number of carbonyl (C=O) groups excluding carboxylic acids is 3. The monoisotopic (exact) mass is 563 g/mol. The quantitative estimate of drug-likeness (QED) is 0.490. The fourth-order valence-electron chi connectivity index (χ4n) is 5.18. The van der Waals surface area contributed by atoms with Crippen molar-refractivity contribution in [1.29, 1.82) is 0 Å². The molecular weight excluding hydrogens is 530 g/mol. The minimum absolute atomic E-state index is 0.119. The Labute approximate surface area is 230 Å². The molecule has 0 saturated carbocycles. The van der Waals surface area contributed by atoms with Gasteiger partial charge in [-0.1, -0.05) is 18.2 Å². The van der Waals surface area contributed by atoms with E-state index in [9.17, 15) is 31.9 Å². The molecule has 0 aliphatic carbocycles. The van der Waals surface area contributed by atoms with Crippen LogP contribution >= 0.6 is 0 Å². The van der Waals surface area contributed by atoms with Crippen molar-refractivity contribution >= 4 is 23.6 Å². The number of amides is 3. The summed E-state index contributed by atoms with van der Waals surface area (Å²) >= 11 is 0. The molecule has 1 fully saturated rings. The Morgan fingerprint density at radius 1 is 1.07 bits per heavy atom. The van der Waals surface area contributed by atoms with Crippen LogP contribution in [-0.2, 0) is 39.9 Å². The Morgan fingerprint density at radius 3 is 2.45 bits per heavy atom. The lowest BCUT2D eigenvalue weighted by atomic mass is 9.94. The summed E-state index contributed by atoms with van der Waals surface area (Å²) in [6, 6.07) is 5.57. The predicted octanol–water partition coefficient (Wildman–Crippen LogP) is 5.62. The van der Waals surface area contributed by atoms with Gasteiger partial charge in [0.25, 0.3) is 0 Å². The van der Waals surface area contributed by atoms with E-state index in [1.807, 2.05) is 19.1 Å². The summed E-state index contributed by atoms with van der Waals surface area (Å²) in [5.41, 5.74) is 1.16. The van der Waals surface area contributed by atoms with E-state index in [4.69, 9.17) is 4.74 Å². The highest BCUT2D eigenvalue weighted by Gasteiger charge is 2.39. The van der Waals surface area contributed by atoms with Gasteiger partial charge in [0, 0.05) is 25.3 Å². The molecule has 2 aliphatic heterocycles. The van der Waals surface area contributed by atoms with Gasteiger partial charge < -0.3 is 15.0 Å². The number of likely N-dealkylation sites (tertiary alicyclic amines) is 1. The number of nitrogens with zero attached hydrogens (tertiary/aromatic N) is 2. The van der Waals surface area contributed by atoms with E-state index in [0.717, 1.165) is 28.8 Å². The third kappa shape index (κ3) is 6.56. The molecule has 4 rings (SSSR count). The molecule has 2 aromatic rings. The third-order valence-electron chi connectivity index (χ3n) is 7.06. The molecule has 2 aromatic carbocycles. The second kappa shape index (κ2) is 11.1. The van der Waals surface area contributed by atoms with Crippen molar-refractivity contribution in [2.45, 2.75) is 77.7 Å². The Morgan fingerprint density at radius 2 is 1.80 bits per heavy atom. The van der Waals surface area contributed by atoms with Crippen molar-refractivity contribution in [3.05, 3.63) is 64.0 Å². The van der Waals surface area contributed by atoms with Gasteiger partial charge in [0.2, 0.25) is 11.8 Å². The average Bonchev–Trinajstić information content (AvgIpc) is 3.33. The number of nitrogens with one attached hydrogen (secondary N) is 1. The van der Waals surface area contributed by atoms with Crippen LogP contribution in [0.4, 0.5) is 28.0 Å². The van der Waals surface area contributed by atoms with E-state index in [0.29, 0.717) is 50.7 Å². The highest BCUT2D eigenvalue weighted by molar-refractivity contribution is 5.94. The van der Waals surface area contributed by atoms with Gasteiger partial charge >= 0.3 is 12.3 Å². The molecule has 1 N–H and O–H groups in total. The molecule has 1 atom stereocenters. The van der Waals surface area contributed by atoms with E-state index in [2.05, 4.69) is 5.32 Å². The summed E-state index contributed by atoms with van der Waals surface area (Å²) in [7, 11) is 0. The van der Waals surface area contributed by atoms with Crippen LogP contribution in [0.2, 0.25) is 0 Å². The minimum Gasteiger partial charge on any atom is -0.444 e. The number of carbonyl (C=O) groups is 3. The number of benzene rings is 2. The fourth-order valence-corrected chi connectivity index (χ4v) is 5.18. The van der Waals surface area contributed by atoms with Crippen LogP contribution in [-0.4, -0.2) is 52.4 Å². The number of alkyl halides is 3. The number of rotatable bonds is 4. The van der Waals surface area contributed by atoms with Crippen LogP contribution in [0.1, 0.15) is 61.4 Å². The van der Waals surface area contributed by atoms with Gasteiger partial charge in [-0.05, 0) is 81.3 Å². The first-order valence-electron chi connectivity index (χ1n) is 13.2. The molecule has 0 bridgehead atoms. The maximum atomic E-state index is 14.0. The third-order valence-corrected chi connectivity index (χ3v) is 7.06. The lowest BCUT2D eigenvalue weighted by Gasteiger charge is -2.35. The van der Waals surface area contributed by atoms with Crippen LogP contribution in [0.15, 0.2) is 30.3 Å². The number of halogens is 4. The van der Waals surface area contributed by atoms with Gasteiger partial charge in [0.1, 0.15) is 17.5 Å². The first-order chi connectivity index (χ1) is 18.6. The number of aryl methyl sites for hydroxylation is 1. The lowest BCUT2D eigenvalue weighted by molar-refractivity contribution is -0.140. The van der Waals surface area contributed by atoms with Crippen LogP contribution in [0, 0.1) is 12.7 Å². The Hall–Kier alpha value is -3.63. The van der Waals surface area contributed by atoms with E-state index in [1.165, 1.54) is 4.90 Å². The molecule has 7 nitrogen and oxygen atoms in total. The van der Waals surface area contributed by atoms with Crippen LogP contribution in [0.3, 0.4) is 0 Å². The topological polar surface area (TPSA) is 79.0 Å². The smallest absolute Gasteiger partial charge is 0.419 e. The van der Waals surface area contributed by atoms with Gasteiger partial charge in [-0.2, -0.15) is 13.2 Å². The van der Waals surface area contributed by atoms with Gasteiger partial charge in [0.15, 0.2) is 0 Å². The van der Waals surface area contributed by atoms with Crippen molar-refractivity contribution in [2.24, 2.45) is 0 Å². The molecule has 11 heteroatoms. The molecule has 3 amide bonds. The standard InChI is InChI=1S/C29H33F4N3O4/c1-17-7-9-19-16-35(26(38)23-6-5-12-36(23)27(39)40-28(2,3)4)13-11-20(19)25(17)34-24(37)15-18-8-10-21(22(30)14-18)29(31,32)33/h7-10,14,23H,5-6,11-13,15-16H2,1-4H3,(H,34,37)/t23-/m1/s1. The van der Waals surface area contributed by atoms with E-state index in [-0.39, 0.29) is 17.9 Å². The molecule has 0 aromatic heterocycles. The zero-order valence-corrected chi connectivity index (χ0v) is 23.0. The summed E-state index contributed by atoms with van der Waals surface area (Å²) in [5, 5.41) is 2.84. The van der Waals surface area contributed by atoms with E-state index < -0.39 is 41.2 Å². The van der Waals surface area contributed by atoms with Gasteiger partial charge in [-0.15, -0.1) is 0 Å². The Kier molecular flexibility index (Phi) is 8.14. The Bertz CT molecular complexity index is 1320. The van der Waals surface area contributed by atoms with Gasteiger partial charge in [-0.25, -0.2) is 9.18 Å². The molecule has 40 heavy (non-hydrogen) atoms. The van der Waals surface area contributed by atoms with Crippen molar-refractivity contribution in [3.63, 3.8) is 0 Å². The largest absolute Gasteiger partial charge is 0.444 e. The highest BCUT2D eigenvalue weighted by Crippen LogP contribution is 2.33. The molecule has 0 radical (unpaired) electrons. The predicted molar refractivity (Wildman–Crippen MR) is 140 cm³/mol. The zero-order valence-electron chi connectivity index (χ0n) is 23.0. The normalized spacial score (nSPS) is 17.4. The van der Waals surface area contributed by atoms with Crippen LogP contribution in [0.25, 0.3) is 0 Å². The molecule has 2 aliphatic rings. The van der Waals surface area contributed by atoms with Crippen LogP contribution < -0.4 is 5.32 Å². The maximum absolute atomic E-state index is 14.0. The highest BCUT2D eigenvalue weighted by atomic mass is 19.4. The second-order valence-corrected chi connectivity index (χ2v) is 11.3. The van der Waals surface area contributed by atoms with E-state index >= 15 is 0 Å². The van der Waals surface area contributed by atoms with Crippen LogP contribution in [0.5, 0.6) is 0 Å². The summed E-state index contributed by atoms with van der Waals surface area (Å²) < 4.78 is 58.0. The van der Waals surface area contributed by atoms with Crippen molar-refractivity contribution in [1.82, 2.24) is 9.80 Å². The molecule has 0 spiro atoms.